The van der Waals surface area contributed by atoms with Crippen molar-refractivity contribution < 1.29 is 4.74 Å². The minimum Gasteiger partial charge on any atom is -0.497 e. The molecule has 0 spiro atoms. The van der Waals surface area contributed by atoms with Gasteiger partial charge in [-0.05, 0) is 38.1 Å². The smallest absolute Gasteiger partial charge is 0.270 e. The molecule has 0 atom stereocenters. The molecule has 5 heteroatoms. The number of aromatic amines is 1. The number of ether oxygens (including phenoxy) is 1. The number of methoxy groups -OCH3 is 1. The Bertz CT molecular complexity index is 675. The van der Waals surface area contributed by atoms with Gasteiger partial charge in [-0.3, -0.25) is 4.79 Å². The van der Waals surface area contributed by atoms with Crippen molar-refractivity contribution in [2.45, 2.75) is 25.7 Å². The zero-order chi connectivity index (χ0) is 14.7. The second kappa shape index (κ2) is 6.26. The average Bonchev–Trinajstić information content (AvgIpc) is 2.53. The van der Waals surface area contributed by atoms with Crippen LogP contribution in [-0.2, 0) is 6.42 Å². The highest BCUT2D eigenvalue weighted by molar-refractivity contribution is 5.75. The van der Waals surface area contributed by atoms with Gasteiger partial charge in [-0.1, -0.05) is 6.42 Å². The number of rotatable bonds is 4. The van der Waals surface area contributed by atoms with Crippen molar-refractivity contribution in [1.82, 2.24) is 14.9 Å². The Morgan fingerprint density at radius 2 is 2.10 bits per heavy atom. The molecule has 0 saturated carbocycles. The van der Waals surface area contributed by atoms with Gasteiger partial charge in [-0.2, -0.15) is 0 Å². The third-order valence-corrected chi connectivity index (χ3v) is 4.08. The van der Waals surface area contributed by atoms with E-state index < -0.39 is 0 Å². The molecule has 0 aliphatic carbocycles. The summed E-state index contributed by atoms with van der Waals surface area (Å²) in [7, 11) is 1.61. The Kier molecular flexibility index (Phi) is 4.20. The molecule has 1 aliphatic heterocycles. The van der Waals surface area contributed by atoms with E-state index in [1.807, 2.05) is 12.1 Å². The molecule has 112 valence electrons. The summed E-state index contributed by atoms with van der Waals surface area (Å²) in [5.41, 5.74) is 2.07. The predicted molar refractivity (Wildman–Crippen MR) is 82.9 cm³/mol. The quantitative estimate of drug-likeness (QED) is 0.934. The van der Waals surface area contributed by atoms with Crippen LogP contribution in [0.2, 0.25) is 0 Å². The molecular weight excluding hydrogens is 266 g/mol. The number of aromatic nitrogens is 2. The molecule has 3 rings (SSSR count). The molecule has 0 unspecified atom stereocenters. The molecule has 1 fully saturated rings. The van der Waals surface area contributed by atoms with Crippen LogP contribution >= 0.6 is 0 Å². The average molecular weight is 287 g/mol. The summed E-state index contributed by atoms with van der Waals surface area (Å²) in [5, 5.41) is 0. The molecule has 0 radical (unpaired) electrons. The first-order chi connectivity index (χ1) is 10.3. The van der Waals surface area contributed by atoms with Crippen molar-refractivity contribution in [3.63, 3.8) is 0 Å². The van der Waals surface area contributed by atoms with Crippen LogP contribution in [0, 0.1) is 0 Å². The second-order valence-electron chi connectivity index (χ2n) is 5.55. The van der Waals surface area contributed by atoms with Crippen LogP contribution in [0.5, 0.6) is 5.75 Å². The first-order valence-corrected chi connectivity index (χ1v) is 7.55. The number of hydrogen-bond acceptors (Lipinski definition) is 4. The summed E-state index contributed by atoms with van der Waals surface area (Å²) in [4.78, 5) is 22.0. The van der Waals surface area contributed by atoms with Crippen molar-refractivity contribution in [2.24, 2.45) is 0 Å². The molecule has 2 aromatic rings. The lowest BCUT2D eigenvalue weighted by Gasteiger charge is -2.25. The van der Waals surface area contributed by atoms with Gasteiger partial charge in [0.25, 0.3) is 5.56 Å². The van der Waals surface area contributed by atoms with Crippen LogP contribution in [0.1, 0.15) is 25.0 Å². The lowest BCUT2D eigenvalue weighted by Crippen LogP contribution is -2.32. The molecule has 1 saturated heterocycles. The molecule has 2 heterocycles. The third kappa shape index (κ3) is 3.24. The van der Waals surface area contributed by atoms with E-state index in [0.29, 0.717) is 12.1 Å². The Hall–Kier alpha value is -1.88. The van der Waals surface area contributed by atoms with E-state index in [1.54, 1.807) is 13.2 Å². The van der Waals surface area contributed by atoms with E-state index in [-0.39, 0.29) is 5.56 Å². The zero-order valence-corrected chi connectivity index (χ0v) is 12.4. The van der Waals surface area contributed by atoms with Crippen LogP contribution in [0.15, 0.2) is 23.0 Å². The largest absolute Gasteiger partial charge is 0.497 e. The summed E-state index contributed by atoms with van der Waals surface area (Å²) in [6.45, 7) is 3.20. The standard InChI is InChI=1S/C16H21N3O2/c1-21-12-5-6-13-15(11-12)18-16(20)14(17-13)7-10-19-8-3-2-4-9-19/h5-6,11H,2-4,7-10H2,1H3,(H,18,20). The Labute approximate surface area is 124 Å². The highest BCUT2D eigenvalue weighted by Crippen LogP contribution is 2.16. The van der Waals surface area contributed by atoms with Crippen LogP contribution < -0.4 is 10.3 Å². The number of likely N-dealkylation sites (tertiary alicyclic amines) is 1. The van der Waals surface area contributed by atoms with Crippen LogP contribution in [-0.4, -0.2) is 41.6 Å². The fraction of sp³-hybridized carbons (Fsp3) is 0.500. The van der Waals surface area contributed by atoms with Crippen LogP contribution in [0.4, 0.5) is 0 Å². The summed E-state index contributed by atoms with van der Waals surface area (Å²) in [6.07, 6.45) is 4.56. The maximum atomic E-state index is 12.1. The van der Waals surface area contributed by atoms with Gasteiger partial charge in [0, 0.05) is 19.0 Å². The molecule has 0 amide bonds. The van der Waals surface area contributed by atoms with Gasteiger partial charge >= 0.3 is 0 Å². The lowest BCUT2D eigenvalue weighted by atomic mass is 10.1. The van der Waals surface area contributed by atoms with Gasteiger partial charge in [0.2, 0.25) is 0 Å². The van der Waals surface area contributed by atoms with Gasteiger partial charge in [-0.15, -0.1) is 0 Å². The van der Waals surface area contributed by atoms with E-state index >= 15 is 0 Å². The molecule has 1 aromatic heterocycles. The molecule has 1 aliphatic rings. The van der Waals surface area contributed by atoms with Gasteiger partial charge in [0.1, 0.15) is 11.4 Å². The van der Waals surface area contributed by atoms with Crippen molar-refractivity contribution in [3.05, 3.63) is 34.2 Å². The van der Waals surface area contributed by atoms with E-state index in [9.17, 15) is 4.79 Å². The molecule has 1 N–H and O–H groups in total. The number of fused-ring (bicyclic) bond motifs is 1. The van der Waals surface area contributed by atoms with Gasteiger partial charge < -0.3 is 14.6 Å². The third-order valence-electron chi connectivity index (χ3n) is 4.08. The van der Waals surface area contributed by atoms with E-state index in [0.717, 1.165) is 36.4 Å². The number of nitrogens with one attached hydrogen (secondary N) is 1. The monoisotopic (exact) mass is 287 g/mol. The maximum Gasteiger partial charge on any atom is 0.270 e. The zero-order valence-electron chi connectivity index (χ0n) is 12.4. The minimum atomic E-state index is -0.0900. The minimum absolute atomic E-state index is 0.0900. The van der Waals surface area contributed by atoms with Gasteiger partial charge in [-0.25, -0.2) is 4.98 Å². The first kappa shape index (κ1) is 14.1. The highest BCUT2D eigenvalue weighted by atomic mass is 16.5. The van der Waals surface area contributed by atoms with Crippen molar-refractivity contribution in [2.75, 3.05) is 26.7 Å². The number of nitrogens with zero attached hydrogens (tertiary/aromatic N) is 2. The molecule has 1 aromatic carbocycles. The number of benzene rings is 1. The number of piperidine rings is 1. The highest BCUT2D eigenvalue weighted by Gasteiger charge is 2.12. The fourth-order valence-electron chi connectivity index (χ4n) is 2.85. The molecule has 5 nitrogen and oxygen atoms in total. The van der Waals surface area contributed by atoms with Crippen molar-refractivity contribution in [1.29, 1.82) is 0 Å². The SMILES string of the molecule is COc1ccc2nc(CCN3CCCCC3)c(=O)[nH]c2c1. The van der Waals surface area contributed by atoms with E-state index in [2.05, 4.69) is 14.9 Å². The topological polar surface area (TPSA) is 58.2 Å². The maximum absolute atomic E-state index is 12.1. The summed E-state index contributed by atoms with van der Waals surface area (Å²) < 4.78 is 5.16. The Morgan fingerprint density at radius 3 is 2.86 bits per heavy atom. The van der Waals surface area contributed by atoms with Gasteiger partial charge in [0.15, 0.2) is 0 Å². The predicted octanol–water partition coefficient (Wildman–Crippen LogP) is 1.96. The van der Waals surface area contributed by atoms with Crippen LogP contribution in [0.3, 0.4) is 0 Å². The summed E-state index contributed by atoms with van der Waals surface area (Å²) in [5.74, 6) is 0.723. The van der Waals surface area contributed by atoms with Gasteiger partial charge in [0.05, 0.1) is 18.1 Å². The Morgan fingerprint density at radius 1 is 1.29 bits per heavy atom. The molecule has 21 heavy (non-hydrogen) atoms. The second-order valence-corrected chi connectivity index (χ2v) is 5.55. The van der Waals surface area contributed by atoms with Crippen molar-refractivity contribution in [3.8, 4) is 5.75 Å². The number of H-pyrrole nitrogens is 1. The molecular formula is C16H21N3O2. The normalized spacial score (nSPS) is 16.2. The first-order valence-electron chi connectivity index (χ1n) is 7.55. The van der Waals surface area contributed by atoms with E-state index in [4.69, 9.17) is 4.74 Å². The number of hydrogen-bond donors (Lipinski definition) is 1. The fourth-order valence-corrected chi connectivity index (χ4v) is 2.85. The summed E-state index contributed by atoms with van der Waals surface area (Å²) >= 11 is 0. The Balaban J connectivity index is 1.78. The van der Waals surface area contributed by atoms with E-state index in [1.165, 1.54) is 19.3 Å². The van der Waals surface area contributed by atoms with Crippen LogP contribution in [0.25, 0.3) is 11.0 Å². The lowest BCUT2D eigenvalue weighted by molar-refractivity contribution is 0.230. The molecule has 0 bridgehead atoms. The van der Waals surface area contributed by atoms with Crippen molar-refractivity contribution >= 4 is 11.0 Å². The summed E-state index contributed by atoms with van der Waals surface area (Å²) in [6, 6.07) is 5.55.